The van der Waals surface area contributed by atoms with Gasteiger partial charge in [0.2, 0.25) is 0 Å². The van der Waals surface area contributed by atoms with Gasteiger partial charge in [-0.3, -0.25) is 0 Å². The molecule has 2 nitrogen and oxygen atoms in total. The standard InChI is InChI=1S/C14H22O2/c1-11(2)5-4-10-16-14-8-6-13(7-9-14)12(3)15/h6-9,11-12,15H,4-5,10H2,1-3H3/t12-/m1/s1. The lowest BCUT2D eigenvalue weighted by molar-refractivity contribution is 0.199. The monoisotopic (exact) mass is 222 g/mol. The van der Waals surface area contributed by atoms with Crippen molar-refractivity contribution < 1.29 is 9.84 Å². The molecular weight excluding hydrogens is 200 g/mol. The first-order valence-corrected chi connectivity index (χ1v) is 6.00. The fourth-order valence-corrected chi connectivity index (χ4v) is 1.52. The van der Waals surface area contributed by atoms with Crippen LogP contribution in [0.3, 0.4) is 0 Å². The highest BCUT2D eigenvalue weighted by molar-refractivity contribution is 5.28. The van der Waals surface area contributed by atoms with Gasteiger partial charge in [-0.05, 0) is 43.4 Å². The molecule has 0 aliphatic rings. The Morgan fingerprint density at radius 3 is 2.25 bits per heavy atom. The lowest BCUT2D eigenvalue weighted by Crippen LogP contribution is -2.00. The quantitative estimate of drug-likeness (QED) is 0.746. The van der Waals surface area contributed by atoms with E-state index < -0.39 is 6.10 Å². The average molecular weight is 222 g/mol. The lowest BCUT2D eigenvalue weighted by atomic mass is 10.1. The molecular formula is C14H22O2. The van der Waals surface area contributed by atoms with Crippen molar-refractivity contribution in [1.29, 1.82) is 0 Å². The van der Waals surface area contributed by atoms with Gasteiger partial charge in [-0.15, -0.1) is 0 Å². The maximum atomic E-state index is 9.35. The smallest absolute Gasteiger partial charge is 0.119 e. The first-order chi connectivity index (χ1) is 7.59. The molecule has 0 aliphatic heterocycles. The van der Waals surface area contributed by atoms with Gasteiger partial charge in [-0.25, -0.2) is 0 Å². The maximum Gasteiger partial charge on any atom is 0.119 e. The summed E-state index contributed by atoms with van der Waals surface area (Å²) >= 11 is 0. The Balaban J connectivity index is 2.32. The summed E-state index contributed by atoms with van der Waals surface area (Å²) in [7, 11) is 0. The van der Waals surface area contributed by atoms with E-state index in [4.69, 9.17) is 4.74 Å². The number of hydrogen-bond donors (Lipinski definition) is 1. The summed E-state index contributed by atoms with van der Waals surface area (Å²) in [5.74, 6) is 1.62. The van der Waals surface area contributed by atoms with Crippen molar-refractivity contribution >= 4 is 0 Å². The number of benzene rings is 1. The number of rotatable bonds is 6. The molecule has 0 aliphatic carbocycles. The topological polar surface area (TPSA) is 29.5 Å². The molecule has 1 aromatic rings. The summed E-state index contributed by atoms with van der Waals surface area (Å²) in [5, 5.41) is 9.35. The molecule has 1 N–H and O–H groups in total. The van der Waals surface area contributed by atoms with E-state index in [9.17, 15) is 5.11 Å². The first kappa shape index (κ1) is 13.0. The minimum absolute atomic E-state index is 0.407. The molecule has 0 unspecified atom stereocenters. The van der Waals surface area contributed by atoms with Crippen LogP contribution in [0.2, 0.25) is 0 Å². The van der Waals surface area contributed by atoms with E-state index in [0.717, 1.165) is 30.3 Å². The number of ether oxygens (including phenoxy) is 1. The summed E-state index contributed by atoms with van der Waals surface area (Å²) in [6.45, 7) is 6.97. The van der Waals surface area contributed by atoms with Crippen LogP contribution in [-0.2, 0) is 0 Å². The van der Waals surface area contributed by atoms with E-state index in [1.807, 2.05) is 24.3 Å². The second-order valence-electron chi connectivity index (χ2n) is 4.63. The van der Waals surface area contributed by atoms with Crippen molar-refractivity contribution in [2.75, 3.05) is 6.61 Å². The van der Waals surface area contributed by atoms with Gasteiger partial charge in [-0.2, -0.15) is 0 Å². The van der Waals surface area contributed by atoms with Crippen LogP contribution in [0, 0.1) is 5.92 Å². The van der Waals surface area contributed by atoms with Crippen molar-refractivity contribution in [2.24, 2.45) is 5.92 Å². The molecule has 0 saturated carbocycles. The molecule has 90 valence electrons. The van der Waals surface area contributed by atoms with Crippen LogP contribution in [0.4, 0.5) is 0 Å². The highest BCUT2D eigenvalue weighted by Crippen LogP contribution is 2.17. The molecule has 1 aromatic carbocycles. The summed E-state index contributed by atoms with van der Waals surface area (Å²) in [6.07, 6.45) is 1.89. The molecule has 0 aromatic heterocycles. The fourth-order valence-electron chi connectivity index (χ4n) is 1.52. The van der Waals surface area contributed by atoms with Crippen LogP contribution in [0.1, 0.15) is 45.3 Å². The van der Waals surface area contributed by atoms with Crippen molar-refractivity contribution in [3.63, 3.8) is 0 Å². The average Bonchev–Trinajstić information content (AvgIpc) is 2.25. The van der Waals surface area contributed by atoms with Gasteiger partial charge in [0.15, 0.2) is 0 Å². The molecule has 0 bridgehead atoms. The first-order valence-electron chi connectivity index (χ1n) is 6.00. The van der Waals surface area contributed by atoms with E-state index in [-0.39, 0.29) is 0 Å². The van der Waals surface area contributed by atoms with Gasteiger partial charge in [0.05, 0.1) is 12.7 Å². The zero-order chi connectivity index (χ0) is 12.0. The van der Waals surface area contributed by atoms with Crippen molar-refractivity contribution in [1.82, 2.24) is 0 Å². The fraction of sp³-hybridized carbons (Fsp3) is 0.571. The van der Waals surface area contributed by atoms with Gasteiger partial charge in [-0.1, -0.05) is 26.0 Å². The molecule has 0 saturated heterocycles. The van der Waals surface area contributed by atoms with E-state index >= 15 is 0 Å². The third kappa shape index (κ3) is 4.67. The van der Waals surface area contributed by atoms with Gasteiger partial charge in [0.25, 0.3) is 0 Å². The maximum absolute atomic E-state index is 9.35. The minimum Gasteiger partial charge on any atom is -0.494 e. The van der Waals surface area contributed by atoms with Crippen LogP contribution in [0.25, 0.3) is 0 Å². The van der Waals surface area contributed by atoms with Crippen molar-refractivity contribution in [3.05, 3.63) is 29.8 Å². The van der Waals surface area contributed by atoms with E-state index in [1.54, 1.807) is 6.92 Å². The third-order valence-corrected chi connectivity index (χ3v) is 2.56. The van der Waals surface area contributed by atoms with Gasteiger partial charge in [0.1, 0.15) is 5.75 Å². The summed E-state index contributed by atoms with van der Waals surface area (Å²) < 4.78 is 5.61. The van der Waals surface area contributed by atoms with Crippen LogP contribution in [0.5, 0.6) is 5.75 Å². The van der Waals surface area contributed by atoms with Crippen LogP contribution < -0.4 is 4.74 Å². The number of aliphatic hydroxyl groups is 1. The van der Waals surface area contributed by atoms with Crippen molar-refractivity contribution in [2.45, 2.75) is 39.7 Å². The Morgan fingerprint density at radius 1 is 1.12 bits per heavy atom. The van der Waals surface area contributed by atoms with Crippen molar-refractivity contribution in [3.8, 4) is 5.75 Å². The zero-order valence-electron chi connectivity index (χ0n) is 10.4. The lowest BCUT2D eigenvalue weighted by Gasteiger charge is -2.09. The molecule has 2 heteroatoms. The minimum atomic E-state index is -0.407. The van der Waals surface area contributed by atoms with Gasteiger partial charge < -0.3 is 9.84 Å². The molecule has 1 rings (SSSR count). The van der Waals surface area contributed by atoms with E-state index in [2.05, 4.69) is 13.8 Å². The van der Waals surface area contributed by atoms with Gasteiger partial charge >= 0.3 is 0 Å². The normalized spacial score (nSPS) is 12.8. The molecule has 1 atom stereocenters. The third-order valence-electron chi connectivity index (χ3n) is 2.56. The molecule has 0 heterocycles. The Kier molecular flexibility index (Phi) is 5.33. The molecule has 0 spiro atoms. The predicted octanol–water partition coefficient (Wildman–Crippen LogP) is 3.55. The predicted molar refractivity (Wildman–Crippen MR) is 66.6 cm³/mol. The summed E-state index contributed by atoms with van der Waals surface area (Å²) in [4.78, 5) is 0. The summed E-state index contributed by atoms with van der Waals surface area (Å²) in [5.41, 5.74) is 0.925. The van der Waals surface area contributed by atoms with Gasteiger partial charge in [0, 0.05) is 0 Å². The SMILES string of the molecule is CC(C)CCCOc1ccc([C@@H](C)O)cc1. The van der Waals surface area contributed by atoms with Crippen LogP contribution >= 0.6 is 0 Å². The second kappa shape index (κ2) is 6.54. The van der Waals surface area contributed by atoms with E-state index in [1.165, 1.54) is 6.42 Å². The number of aliphatic hydroxyl groups excluding tert-OH is 1. The Morgan fingerprint density at radius 2 is 1.75 bits per heavy atom. The zero-order valence-corrected chi connectivity index (χ0v) is 10.4. The largest absolute Gasteiger partial charge is 0.494 e. The highest BCUT2D eigenvalue weighted by Gasteiger charge is 2.00. The molecule has 16 heavy (non-hydrogen) atoms. The molecule has 0 amide bonds. The number of hydrogen-bond acceptors (Lipinski definition) is 2. The Bertz CT molecular complexity index is 288. The highest BCUT2D eigenvalue weighted by atomic mass is 16.5. The second-order valence-corrected chi connectivity index (χ2v) is 4.63. The molecule has 0 radical (unpaired) electrons. The van der Waals surface area contributed by atoms with E-state index in [0.29, 0.717) is 0 Å². The Labute approximate surface area is 98.3 Å². The van der Waals surface area contributed by atoms with Crippen LogP contribution in [0.15, 0.2) is 24.3 Å². The molecule has 0 fully saturated rings. The summed E-state index contributed by atoms with van der Waals surface area (Å²) in [6, 6.07) is 7.64. The Hall–Kier alpha value is -1.02. The van der Waals surface area contributed by atoms with Crippen LogP contribution in [-0.4, -0.2) is 11.7 Å².